The molecular weight excluding hydrogens is 193 g/mol. The summed E-state index contributed by atoms with van der Waals surface area (Å²) in [7, 11) is 0. The van der Waals surface area contributed by atoms with Gasteiger partial charge in [-0.2, -0.15) is 0 Å². The van der Waals surface area contributed by atoms with E-state index in [4.69, 9.17) is 0 Å². The molecule has 0 radical (unpaired) electrons. The number of hydrogen-bond acceptors (Lipinski definition) is 1. The van der Waals surface area contributed by atoms with Crippen LogP contribution in [-0.4, -0.2) is 12.5 Å². The third-order valence-corrected chi connectivity index (χ3v) is 1.74. The van der Waals surface area contributed by atoms with Crippen molar-refractivity contribution < 1.29 is 9.18 Å². The molecule has 0 aromatic heterocycles. The predicted octanol–water partition coefficient (Wildman–Crippen LogP) is 2.14. The van der Waals surface area contributed by atoms with Gasteiger partial charge in [0.1, 0.15) is 5.82 Å². The van der Waals surface area contributed by atoms with Crippen molar-refractivity contribution in [1.82, 2.24) is 5.32 Å². The van der Waals surface area contributed by atoms with Crippen molar-refractivity contribution in [3.8, 4) is 0 Å². The molecule has 2 nitrogen and oxygen atoms in total. The third kappa shape index (κ3) is 3.77. The van der Waals surface area contributed by atoms with Crippen LogP contribution in [0.4, 0.5) is 4.39 Å². The van der Waals surface area contributed by atoms with Gasteiger partial charge in [-0.3, -0.25) is 4.79 Å². The summed E-state index contributed by atoms with van der Waals surface area (Å²) < 4.78 is 13.1. The van der Waals surface area contributed by atoms with Crippen molar-refractivity contribution in [3.63, 3.8) is 0 Å². The minimum Gasteiger partial charge on any atom is -0.349 e. The van der Waals surface area contributed by atoms with Crippen LogP contribution in [0.1, 0.15) is 5.56 Å². The van der Waals surface area contributed by atoms with Gasteiger partial charge in [-0.05, 0) is 12.1 Å². The van der Waals surface area contributed by atoms with Crippen LogP contribution >= 0.6 is 0 Å². The van der Waals surface area contributed by atoms with Gasteiger partial charge >= 0.3 is 0 Å². The highest BCUT2D eigenvalue weighted by molar-refractivity contribution is 5.91. The van der Waals surface area contributed by atoms with E-state index in [0.717, 1.165) is 0 Å². The molecule has 0 aliphatic rings. The Labute approximate surface area is 88.1 Å². The van der Waals surface area contributed by atoms with Gasteiger partial charge in [0.15, 0.2) is 0 Å². The van der Waals surface area contributed by atoms with Crippen LogP contribution in [0, 0.1) is 5.82 Å². The van der Waals surface area contributed by atoms with E-state index in [1.165, 1.54) is 18.2 Å². The lowest BCUT2D eigenvalue weighted by Crippen LogP contribution is -2.20. The van der Waals surface area contributed by atoms with Gasteiger partial charge < -0.3 is 5.32 Å². The Morgan fingerprint density at radius 2 is 2.20 bits per heavy atom. The molecule has 0 unspecified atom stereocenters. The summed E-state index contributed by atoms with van der Waals surface area (Å²) in [5, 5.41) is 2.56. The SMILES string of the molecule is C=CCNC(=O)/C=C/c1ccccc1F. The zero-order valence-corrected chi connectivity index (χ0v) is 8.24. The summed E-state index contributed by atoms with van der Waals surface area (Å²) in [6, 6.07) is 6.27. The van der Waals surface area contributed by atoms with E-state index in [1.54, 1.807) is 24.3 Å². The van der Waals surface area contributed by atoms with Gasteiger partial charge in [-0.1, -0.05) is 24.3 Å². The highest BCUT2D eigenvalue weighted by atomic mass is 19.1. The second kappa shape index (κ2) is 5.75. The molecule has 1 aromatic carbocycles. The average molecular weight is 205 g/mol. The zero-order valence-electron chi connectivity index (χ0n) is 8.24. The lowest BCUT2D eigenvalue weighted by Gasteiger charge is -1.96. The Morgan fingerprint density at radius 1 is 1.47 bits per heavy atom. The van der Waals surface area contributed by atoms with E-state index in [2.05, 4.69) is 11.9 Å². The van der Waals surface area contributed by atoms with Crippen LogP contribution < -0.4 is 5.32 Å². The summed E-state index contributed by atoms with van der Waals surface area (Å²) in [4.78, 5) is 11.1. The number of hydrogen-bond donors (Lipinski definition) is 1. The maximum atomic E-state index is 13.1. The summed E-state index contributed by atoms with van der Waals surface area (Å²) in [5.41, 5.74) is 0.395. The number of halogens is 1. The molecule has 3 heteroatoms. The topological polar surface area (TPSA) is 29.1 Å². The van der Waals surface area contributed by atoms with Gasteiger partial charge in [0.05, 0.1) is 0 Å². The van der Waals surface area contributed by atoms with Crippen LogP contribution in [0.5, 0.6) is 0 Å². The average Bonchev–Trinajstić information content (AvgIpc) is 2.25. The van der Waals surface area contributed by atoms with Gasteiger partial charge in [0.2, 0.25) is 5.91 Å². The van der Waals surface area contributed by atoms with Crippen molar-refractivity contribution in [2.75, 3.05) is 6.54 Å². The number of carbonyl (C=O) groups is 1. The van der Waals surface area contributed by atoms with Crippen molar-refractivity contribution in [3.05, 3.63) is 54.4 Å². The van der Waals surface area contributed by atoms with E-state index < -0.39 is 0 Å². The molecule has 1 rings (SSSR count). The second-order valence-corrected chi connectivity index (χ2v) is 2.89. The van der Waals surface area contributed by atoms with Gasteiger partial charge in [0.25, 0.3) is 0 Å². The Hall–Kier alpha value is -1.90. The standard InChI is InChI=1S/C12H12FNO/c1-2-9-14-12(15)8-7-10-5-3-4-6-11(10)13/h2-8H,1,9H2,(H,14,15)/b8-7+. The fourth-order valence-corrected chi connectivity index (χ4v) is 1.01. The molecule has 1 aromatic rings. The molecule has 15 heavy (non-hydrogen) atoms. The molecule has 0 aliphatic carbocycles. The van der Waals surface area contributed by atoms with Crippen LogP contribution in [0.2, 0.25) is 0 Å². The summed E-state index contributed by atoms with van der Waals surface area (Å²) >= 11 is 0. The maximum absolute atomic E-state index is 13.1. The number of rotatable bonds is 4. The lowest BCUT2D eigenvalue weighted by atomic mass is 10.2. The zero-order chi connectivity index (χ0) is 11.1. The summed E-state index contributed by atoms with van der Waals surface area (Å²) in [6.07, 6.45) is 4.31. The largest absolute Gasteiger partial charge is 0.349 e. The number of nitrogens with one attached hydrogen (secondary N) is 1. The fraction of sp³-hybridized carbons (Fsp3) is 0.0833. The number of benzene rings is 1. The molecular formula is C12H12FNO. The van der Waals surface area contributed by atoms with Crippen molar-refractivity contribution in [2.24, 2.45) is 0 Å². The molecule has 0 aliphatic heterocycles. The first kappa shape index (κ1) is 11.2. The highest BCUT2D eigenvalue weighted by Gasteiger charge is 1.96. The van der Waals surface area contributed by atoms with Gasteiger partial charge in [-0.25, -0.2) is 4.39 Å². The van der Waals surface area contributed by atoms with Crippen molar-refractivity contribution in [2.45, 2.75) is 0 Å². The minimum atomic E-state index is -0.342. The van der Waals surface area contributed by atoms with Crippen LogP contribution in [0.3, 0.4) is 0 Å². The number of amides is 1. The molecule has 1 N–H and O–H groups in total. The monoisotopic (exact) mass is 205 g/mol. The van der Waals surface area contributed by atoms with Crippen LogP contribution in [-0.2, 0) is 4.79 Å². The van der Waals surface area contributed by atoms with E-state index >= 15 is 0 Å². The van der Waals surface area contributed by atoms with Gasteiger partial charge in [0, 0.05) is 18.2 Å². The predicted molar refractivity (Wildman–Crippen MR) is 58.6 cm³/mol. The minimum absolute atomic E-state index is 0.266. The maximum Gasteiger partial charge on any atom is 0.244 e. The van der Waals surface area contributed by atoms with E-state index in [0.29, 0.717) is 12.1 Å². The van der Waals surface area contributed by atoms with Crippen LogP contribution in [0.15, 0.2) is 43.0 Å². The first-order valence-corrected chi connectivity index (χ1v) is 4.55. The van der Waals surface area contributed by atoms with E-state index in [1.807, 2.05) is 0 Å². The second-order valence-electron chi connectivity index (χ2n) is 2.89. The Bertz CT molecular complexity index is 385. The summed E-state index contributed by atoms with van der Waals surface area (Å²) in [6.45, 7) is 3.87. The first-order valence-electron chi connectivity index (χ1n) is 4.55. The molecule has 0 saturated heterocycles. The number of carbonyl (C=O) groups excluding carboxylic acids is 1. The Morgan fingerprint density at radius 3 is 2.87 bits per heavy atom. The molecule has 0 bridgehead atoms. The molecule has 0 heterocycles. The molecule has 0 spiro atoms. The third-order valence-electron chi connectivity index (χ3n) is 1.74. The van der Waals surface area contributed by atoms with E-state index in [9.17, 15) is 9.18 Å². The fourth-order valence-electron chi connectivity index (χ4n) is 1.01. The molecule has 1 amide bonds. The smallest absolute Gasteiger partial charge is 0.244 e. The quantitative estimate of drug-likeness (QED) is 0.592. The molecule has 0 saturated carbocycles. The molecule has 0 fully saturated rings. The van der Waals surface area contributed by atoms with Crippen molar-refractivity contribution >= 4 is 12.0 Å². The Kier molecular flexibility index (Phi) is 4.29. The highest BCUT2D eigenvalue weighted by Crippen LogP contribution is 2.07. The lowest BCUT2D eigenvalue weighted by molar-refractivity contribution is -0.116. The van der Waals surface area contributed by atoms with Crippen LogP contribution in [0.25, 0.3) is 6.08 Å². The van der Waals surface area contributed by atoms with Gasteiger partial charge in [-0.15, -0.1) is 6.58 Å². The normalized spacial score (nSPS) is 10.2. The Balaban J connectivity index is 2.61. The molecule has 0 atom stereocenters. The summed E-state index contributed by atoms with van der Waals surface area (Å²) in [5.74, 6) is -0.608. The van der Waals surface area contributed by atoms with E-state index in [-0.39, 0.29) is 11.7 Å². The van der Waals surface area contributed by atoms with Crippen molar-refractivity contribution in [1.29, 1.82) is 0 Å². The first-order chi connectivity index (χ1) is 7.24. The molecule has 78 valence electrons.